The molecule has 1 unspecified atom stereocenters. The number of hydrogen-bond acceptors (Lipinski definition) is 3. The van der Waals surface area contributed by atoms with Gasteiger partial charge in [0.2, 0.25) is 0 Å². The van der Waals surface area contributed by atoms with Gasteiger partial charge in [-0.2, -0.15) is 0 Å². The Morgan fingerprint density at radius 1 is 1.25 bits per heavy atom. The van der Waals surface area contributed by atoms with Crippen LogP contribution in [0.2, 0.25) is 0 Å². The number of nitrogens with zero attached hydrogens (tertiary/aromatic N) is 3. The lowest BCUT2D eigenvalue weighted by atomic mass is 10.1. The first-order chi connectivity index (χ1) is 11.7. The molecular formula is C19H22N4O. The van der Waals surface area contributed by atoms with Crippen molar-refractivity contribution in [1.82, 2.24) is 5.32 Å². The van der Waals surface area contributed by atoms with Crippen molar-refractivity contribution < 1.29 is 4.74 Å². The van der Waals surface area contributed by atoms with Gasteiger partial charge in [0.15, 0.2) is 6.73 Å². The molecule has 2 aromatic rings. The van der Waals surface area contributed by atoms with Crippen LogP contribution >= 0.6 is 0 Å². The topological polar surface area (TPSA) is 70.0 Å². The van der Waals surface area contributed by atoms with E-state index < -0.39 is 0 Å². The van der Waals surface area contributed by atoms with Crippen LogP contribution in [-0.2, 0) is 0 Å². The third kappa shape index (κ3) is 5.80. The predicted octanol–water partition coefficient (Wildman–Crippen LogP) is 5.09. The Balaban J connectivity index is 1.92. The van der Waals surface area contributed by atoms with Gasteiger partial charge in [-0.15, -0.1) is 0 Å². The molecule has 0 radical (unpaired) electrons. The van der Waals surface area contributed by atoms with Crippen molar-refractivity contribution in [3.05, 3.63) is 81.7 Å². The second kappa shape index (κ2) is 9.40. The molecular weight excluding hydrogens is 300 g/mol. The van der Waals surface area contributed by atoms with Crippen LogP contribution in [0.4, 0.5) is 0 Å². The van der Waals surface area contributed by atoms with Gasteiger partial charge in [-0.05, 0) is 42.6 Å². The van der Waals surface area contributed by atoms with E-state index in [-0.39, 0.29) is 12.8 Å². The fourth-order valence-corrected chi connectivity index (χ4v) is 2.32. The standard InChI is InChI=1S/C19H22N4O/c1-15(11-17-7-4-3-5-8-17)13-21-16(2)18-9-6-10-19(12-18)24-14-22-23-20/h3-12,16,21H,13-14H2,1-2H3/b15-11+. The third-order valence-electron chi connectivity index (χ3n) is 3.61. The molecule has 1 atom stereocenters. The quantitative estimate of drug-likeness (QED) is 0.418. The summed E-state index contributed by atoms with van der Waals surface area (Å²) >= 11 is 0. The van der Waals surface area contributed by atoms with Gasteiger partial charge in [-0.3, -0.25) is 0 Å². The first-order valence-electron chi connectivity index (χ1n) is 7.88. The molecule has 0 aliphatic rings. The van der Waals surface area contributed by atoms with Crippen molar-refractivity contribution in [2.24, 2.45) is 5.11 Å². The zero-order chi connectivity index (χ0) is 17.2. The Bertz CT molecular complexity index is 721. The fourth-order valence-electron chi connectivity index (χ4n) is 2.32. The largest absolute Gasteiger partial charge is 0.488 e. The maximum Gasteiger partial charge on any atom is 0.167 e. The minimum atomic E-state index is 0.000679. The molecule has 24 heavy (non-hydrogen) atoms. The summed E-state index contributed by atoms with van der Waals surface area (Å²) in [6.07, 6.45) is 2.18. The van der Waals surface area contributed by atoms with Gasteiger partial charge in [0, 0.05) is 17.5 Å². The molecule has 0 aliphatic heterocycles. The number of rotatable bonds is 8. The zero-order valence-corrected chi connectivity index (χ0v) is 14.0. The lowest BCUT2D eigenvalue weighted by Crippen LogP contribution is -2.20. The molecule has 0 amide bonds. The summed E-state index contributed by atoms with van der Waals surface area (Å²) in [6, 6.07) is 18.3. The molecule has 5 heteroatoms. The Hall–Kier alpha value is -2.75. The van der Waals surface area contributed by atoms with E-state index in [9.17, 15) is 0 Å². The molecule has 0 aliphatic carbocycles. The third-order valence-corrected chi connectivity index (χ3v) is 3.61. The molecule has 124 valence electrons. The Morgan fingerprint density at radius 3 is 2.79 bits per heavy atom. The van der Waals surface area contributed by atoms with Gasteiger partial charge in [0.05, 0.1) is 0 Å². The van der Waals surface area contributed by atoms with Crippen LogP contribution in [0.3, 0.4) is 0 Å². The molecule has 5 nitrogen and oxygen atoms in total. The van der Waals surface area contributed by atoms with E-state index >= 15 is 0 Å². The normalized spacial score (nSPS) is 12.3. The van der Waals surface area contributed by atoms with Crippen LogP contribution < -0.4 is 10.1 Å². The molecule has 0 saturated heterocycles. The number of azide groups is 1. The van der Waals surface area contributed by atoms with Crippen LogP contribution in [0.5, 0.6) is 5.75 Å². The summed E-state index contributed by atoms with van der Waals surface area (Å²) in [4.78, 5) is 2.67. The maximum absolute atomic E-state index is 8.28. The Kier molecular flexibility index (Phi) is 6.90. The SMILES string of the molecule is C/C(=C\c1ccccc1)CNC(C)c1cccc(OCN=[N+]=[N-])c1. The summed E-state index contributed by atoms with van der Waals surface area (Å²) in [6.45, 7) is 5.04. The first-order valence-corrected chi connectivity index (χ1v) is 7.88. The Labute approximate surface area is 142 Å². The highest BCUT2D eigenvalue weighted by atomic mass is 16.5. The summed E-state index contributed by atoms with van der Waals surface area (Å²) < 4.78 is 5.38. The number of hydrogen-bond donors (Lipinski definition) is 1. The van der Waals surface area contributed by atoms with E-state index in [0.29, 0.717) is 5.75 Å². The molecule has 0 spiro atoms. The van der Waals surface area contributed by atoms with E-state index in [1.54, 1.807) is 0 Å². The van der Waals surface area contributed by atoms with Crippen LogP contribution in [0.1, 0.15) is 31.0 Å². The molecule has 2 aromatic carbocycles. The average Bonchev–Trinajstić information content (AvgIpc) is 2.61. The van der Waals surface area contributed by atoms with E-state index in [1.165, 1.54) is 11.1 Å². The highest BCUT2D eigenvalue weighted by molar-refractivity contribution is 5.52. The van der Waals surface area contributed by atoms with Gasteiger partial charge in [0.25, 0.3) is 0 Å². The van der Waals surface area contributed by atoms with Gasteiger partial charge < -0.3 is 10.1 Å². The van der Waals surface area contributed by atoms with Gasteiger partial charge in [-0.1, -0.05) is 59.2 Å². The van der Waals surface area contributed by atoms with E-state index in [1.807, 2.05) is 42.5 Å². The second-order valence-electron chi connectivity index (χ2n) is 5.58. The smallest absolute Gasteiger partial charge is 0.167 e. The van der Waals surface area contributed by atoms with Crippen molar-refractivity contribution >= 4 is 6.08 Å². The number of nitrogens with one attached hydrogen (secondary N) is 1. The minimum Gasteiger partial charge on any atom is -0.488 e. The lowest BCUT2D eigenvalue weighted by Gasteiger charge is -2.15. The van der Waals surface area contributed by atoms with Crippen LogP contribution in [0.15, 0.2) is 65.3 Å². The Morgan fingerprint density at radius 2 is 2.04 bits per heavy atom. The van der Waals surface area contributed by atoms with Crippen molar-refractivity contribution in [2.45, 2.75) is 19.9 Å². The minimum absolute atomic E-state index is 0.000679. The van der Waals surface area contributed by atoms with Crippen molar-refractivity contribution in [1.29, 1.82) is 0 Å². The predicted molar refractivity (Wildman–Crippen MR) is 97.6 cm³/mol. The van der Waals surface area contributed by atoms with Gasteiger partial charge in [-0.25, -0.2) is 0 Å². The van der Waals surface area contributed by atoms with Crippen molar-refractivity contribution in [2.75, 3.05) is 13.3 Å². The highest BCUT2D eigenvalue weighted by Crippen LogP contribution is 2.19. The van der Waals surface area contributed by atoms with Crippen molar-refractivity contribution in [3.8, 4) is 5.75 Å². The first kappa shape index (κ1) is 17.6. The molecule has 2 rings (SSSR count). The molecule has 0 fully saturated rings. The maximum atomic E-state index is 8.28. The van der Waals surface area contributed by atoms with Crippen LogP contribution in [0.25, 0.3) is 16.5 Å². The van der Waals surface area contributed by atoms with Crippen LogP contribution in [-0.4, -0.2) is 13.3 Å². The monoisotopic (exact) mass is 322 g/mol. The second-order valence-corrected chi connectivity index (χ2v) is 5.58. The summed E-state index contributed by atoms with van der Waals surface area (Å²) in [5.74, 6) is 0.699. The lowest BCUT2D eigenvalue weighted by molar-refractivity contribution is 0.328. The van der Waals surface area contributed by atoms with Crippen LogP contribution in [0, 0.1) is 0 Å². The van der Waals surface area contributed by atoms with Crippen molar-refractivity contribution in [3.63, 3.8) is 0 Å². The van der Waals surface area contributed by atoms with E-state index in [4.69, 9.17) is 10.3 Å². The van der Waals surface area contributed by atoms with E-state index in [0.717, 1.165) is 12.1 Å². The molecule has 0 saturated carbocycles. The summed E-state index contributed by atoms with van der Waals surface area (Å²) in [5, 5.41) is 6.88. The molecule has 0 aromatic heterocycles. The zero-order valence-electron chi connectivity index (χ0n) is 14.0. The molecule has 0 heterocycles. The van der Waals surface area contributed by atoms with Gasteiger partial charge in [0.1, 0.15) is 5.75 Å². The molecule has 0 bridgehead atoms. The van der Waals surface area contributed by atoms with E-state index in [2.05, 4.69) is 47.4 Å². The average molecular weight is 322 g/mol. The number of benzene rings is 2. The summed E-state index contributed by atoms with van der Waals surface area (Å²) in [7, 11) is 0. The van der Waals surface area contributed by atoms with Gasteiger partial charge >= 0.3 is 0 Å². The number of ether oxygens (including phenoxy) is 1. The highest BCUT2D eigenvalue weighted by Gasteiger charge is 2.06. The molecule has 1 N–H and O–H groups in total. The summed E-state index contributed by atoms with van der Waals surface area (Å²) in [5.41, 5.74) is 11.9. The fraction of sp³-hybridized carbons (Fsp3) is 0.263.